The van der Waals surface area contributed by atoms with Gasteiger partial charge in [0.15, 0.2) is 0 Å². The second kappa shape index (κ2) is 5.01. The topological polar surface area (TPSA) is 69.4 Å². The largest absolute Gasteiger partial charge is 0.466 e. The molecule has 1 aromatic carbocycles. The van der Waals surface area contributed by atoms with Crippen molar-refractivity contribution in [3.63, 3.8) is 0 Å². The van der Waals surface area contributed by atoms with Crippen molar-refractivity contribution < 1.29 is 18.8 Å². The molecule has 1 rings (SSSR count). The van der Waals surface area contributed by atoms with E-state index in [2.05, 4.69) is 4.74 Å². The van der Waals surface area contributed by atoms with Crippen LogP contribution in [0.15, 0.2) is 24.3 Å². The molecule has 6 heteroatoms. The molecule has 0 aliphatic rings. The molecule has 16 heavy (non-hydrogen) atoms. The summed E-state index contributed by atoms with van der Waals surface area (Å²) in [6, 6.07) is 3.63. The first-order valence-corrected chi connectivity index (χ1v) is 4.25. The van der Waals surface area contributed by atoms with Crippen molar-refractivity contribution in [3.8, 4) is 0 Å². The number of rotatable bonds is 3. The summed E-state index contributed by atoms with van der Waals surface area (Å²) in [4.78, 5) is 20.5. The maximum absolute atomic E-state index is 13.1. The van der Waals surface area contributed by atoms with Crippen molar-refractivity contribution in [2.45, 2.75) is 0 Å². The van der Waals surface area contributed by atoms with Crippen LogP contribution in [0.1, 0.15) is 5.56 Å². The van der Waals surface area contributed by atoms with E-state index >= 15 is 0 Å². The summed E-state index contributed by atoms with van der Waals surface area (Å²) in [5, 5.41) is 10.6. The van der Waals surface area contributed by atoms with E-state index in [1.165, 1.54) is 19.2 Å². The molecule has 0 saturated carbocycles. The van der Waals surface area contributed by atoms with Crippen LogP contribution in [0, 0.1) is 15.9 Å². The van der Waals surface area contributed by atoms with Crippen molar-refractivity contribution in [1.29, 1.82) is 0 Å². The number of hydrogen-bond donors (Lipinski definition) is 0. The first kappa shape index (κ1) is 11.8. The van der Waals surface area contributed by atoms with E-state index in [1.54, 1.807) is 0 Å². The third-order valence-corrected chi connectivity index (χ3v) is 1.80. The molecular weight excluding hydrogens is 217 g/mol. The number of ether oxygens (including phenoxy) is 1. The van der Waals surface area contributed by atoms with Crippen LogP contribution in [0.25, 0.3) is 6.08 Å². The molecule has 84 valence electrons. The van der Waals surface area contributed by atoms with E-state index in [1.807, 2.05) is 0 Å². The summed E-state index contributed by atoms with van der Waals surface area (Å²) in [6.45, 7) is 0. The molecule has 0 saturated heterocycles. The fraction of sp³-hybridized carbons (Fsp3) is 0.100. The molecule has 0 bridgehead atoms. The number of esters is 1. The van der Waals surface area contributed by atoms with Crippen molar-refractivity contribution in [2.24, 2.45) is 0 Å². The van der Waals surface area contributed by atoms with Crippen molar-refractivity contribution in [1.82, 2.24) is 0 Å². The standard InChI is InChI=1S/C10H8FNO4/c1-16-9(13)6-5-7-3-2-4-8(11)10(7)12(14)15/h2-6H,1H3/b6-5+. The summed E-state index contributed by atoms with van der Waals surface area (Å²) in [7, 11) is 1.17. The van der Waals surface area contributed by atoms with E-state index in [9.17, 15) is 19.3 Å². The maximum Gasteiger partial charge on any atom is 0.330 e. The van der Waals surface area contributed by atoms with Crippen molar-refractivity contribution in [3.05, 3.63) is 45.8 Å². The highest BCUT2D eigenvalue weighted by atomic mass is 19.1. The number of para-hydroxylation sites is 1. The second-order valence-corrected chi connectivity index (χ2v) is 2.79. The van der Waals surface area contributed by atoms with Gasteiger partial charge in [-0.1, -0.05) is 6.07 Å². The number of halogens is 1. The van der Waals surface area contributed by atoms with Gasteiger partial charge in [-0.2, -0.15) is 4.39 Å². The minimum Gasteiger partial charge on any atom is -0.466 e. The summed E-state index contributed by atoms with van der Waals surface area (Å²) >= 11 is 0. The lowest BCUT2D eigenvalue weighted by Gasteiger charge is -1.98. The molecule has 0 aliphatic carbocycles. The molecule has 1 aromatic rings. The van der Waals surface area contributed by atoms with Gasteiger partial charge in [-0.05, 0) is 18.2 Å². The molecule has 5 nitrogen and oxygen atoms in total. The van der Waals surface area contributed by atoms with Crippen molar-refractivity contribution in [2.75, 3.05) is 7.11 Å². The number of carbonyl (C=O) groups excluding carboxylic acids is 1. The number of benzene rings is 1. The maximum atomic E-state index is 13.1. The fourth-order valence-electron chi connectivity index (χ4n) is 1.08. The molecule has 0 aromatic heterocycles. The van der Waals surface area contributed by atoms with Gasteiger partial charge in [0.25, 0.3) is 0 Å². The van der Waals surface area contributed by atoms with Gasteiger partial charge < -0.3 is 4.74 Å². The minimum absolute atomic E-state index is 0.00963. The lowest BCUT2D eigenvalue weighted by Crippen LogP contribution is -1.97. The molecule has 0 atom stereocenters. The predicted molar refractivity (Wildman–Crippen MR) is 54.1 cm³/mol. The summed E-state index contributed by atoms with van der Waals surface area (Å²) in [5.74, 6) is -1.62. The Hall–Kier alpha value is -2.24. The molecule has 0 aliphatic heterocycles. The lowest BCUT2D eigenvalue weighted by atomic mass is 10.1. The van der Waals surface area contributed by atoms with Crippen LogP contribution in [-0.4, -0.2) is 18.0 Å². The molecular formula is C10H8FNO4. The molecule has 0 radical (unpaired) electrons. The second-order valence-electron chi connectivity index (χ2n) is 2.79. The van der Waals surface area contributed by atoms with Crippen LogP contribution in [0.2, 0.25) is 0 Å². The van der Waals surface area contributed by atoms with E-state index in [4.69, 9.17) is 0 Å². The third kappa shape index (κ3) is 2.63. The Morgan fingerprint density at radius 1 is 1.56 bits per heavy atom. The van der Waals surface area contributed by atoms with Crippen molar-refractivity contribution >= 4 is 17.7 Å². The quantitative estimate of drug-likeness (QED) is 0.341. The average Bonchev–Trinajstić information content (AvgIpc) is 2.25. The van der Waals surface area contributed by atoms with Gasteiger partial charge in [0.2, 0.25) is 5.82 Å². The lowest BCUT2D eigenvalue weighted by molar-refractivity contribution is -0.387. The Morgan fingerprint density at radius 3 is 2.81 bits per heavy atom. The highest BCUT2D eigenvalue weighted by Crippen LogP contribution is 2.23. The number of nitro groups is 1. The zero-order valence-electron chi connectivity index (χ0n) is 8.34. The molecule has 0 N–H and O–H groups in total. The van der Waals surface area contributed by atoms with Gasteiger partial charge in [0.1, 0.15) is 0 Å². The Balaban J connectivity index is 3.14. The van der Waals surface area contributed by atoms with Gasteiger partial charge in [-0.3, -0.25) is 10.1 Å². The fourth-order valence-corrected chi connectivity index (χ4v) is 1.08. The van der Waals surface area contributed by atoms with E-state index in [-0.39, 0.29) is 5.56 Å². The van der Waals surface area contributed by atoms with Crippen LogP contribution >= 0.6 is 0 Å². The van der Waals surface area contributed by atoms with Crippen LogP contribution in [0.5, 0.6) is 0 Å². The Kier molecular flexibility index (Phi) is 3.71. The third-order valence-electron chi connectivity index (χ3n) is 1.80. The van der Waals surface area contributed by atoms with E-state index in [0.717, 1.165) is 18.2 Å². The number of nitrogens with zero attached hydrogens (tertiary/aromatic N) is 1. The van der Waals surface area contributed by atoms with Gasteiger partial charge in [-0.25, -0.2) is 4.79 Å². The zero-order chi connectivity index (χ0) is 12.1. The van der Waals surface area contributed by atoms with E-state index < -0.39 is 22.4 Å². The highest BCUT2D eigenvalue weighted by molar-refractivity contribution is 5.87. The number of carbonyl (C=O) groups is 1. The normalized spacial score (nSPS) is 10.4. The Labute approximate surface area is 90.3 Å². The Morgan fingerprint density at radius 2 is 2.25 bits per heavy atom. The van der Waals surface area contributed by atoms with Crippen LogP contribution in [0.4, 0.5) is 10.1 Å². The van der Waals surface area contributed by atoms with Crippen LogP contribution in [0.3, 0.4) is 0 Å². The number of methoxy groups -OCH3 is 1. The SMILES string of the molecule is COC(=O)/C=C/c1cccc(F)c1[N+](=O)[O-]. The average molecular weight is 225 g/mol. The van der Waals surface area contributed by atoms with Crippen LogP contribution < -0.4 is 0 Å². The molecule has 0 amide bonds. The Bertz CT molecular complexity index is 456. The number of nitro benzene ring substituents is 1. The monoisotopic (exact) mass is 225 g/mol. The molecule has 0 unspecified atom stereocenters. The summed E-state index contributed by atoms with van der Waals surface area (Å²) < 4.78 is 17.4. The van der Waals surface area contributed by atoms with Crippen LogP contribution in [-0.2, 0) is 9.53 Å². The smallest absolute Gasteiger partial charge is 0.330 e. The van der Waals surface area contributed by atoms with Gasteiger partial charge >= 0.3 is 11.7 Å². The first-order chi connectivity index (χ1) is 7.56. The molecule has 0 spiro atoms. The van der Waals surface area contributed by atoms with Gasteiger partial charge in [0, 0.05) is 6.08 Å². The van der Waals surface area contributed by atoms with E-state index in [0.29, 0.717) is 0 Å². The summed E-state index contributed by atoms with van der Waals surface area (Å²) in [6.07, 6.45) is 2.12. The van der Waals surface area contributed by atoms with Gasteiger partial charge in [-0.15, -0.1) is 0 Å². The highest BCUT2D eigenvalue weighted by Gasteiger charge is 2.17. The number of hydrogen-bond acceptors (Lipinski definition) is 4. The minimum atomic E-state index is -0.947. The van der Waals surface area contributed by atoms with Gasteiger partial charge in [0.05, 0.1) is 17.6 Å². The summed E-state index contributed by atoms with van der Waals surface area (Å²) in [5.41, 5.74) is -0.655. The molecule has 0 heterocycles. The molecule has 0 fully saturated rings. The first-order valence-electron chi connectivity index (χ1n) is 4.25. The zero-order valence-corrected chi connectivity index (χ0v) is 8.34. The predicted octanol–water partition coefficient (Wildman–Crippen LogP) is 1.92.